The van der Waals surface area contributed by atoms with Gasteiger partial charge < -0.3 is 5.11 Å². The Labute approximate surface area is 123 Å². The number of carboxylic acids is 1. The van der Waals surface area contributed by atoms with Crippen LogP contribution < -0.4 is 0 Å². The van der Waals surface area contributed by atoms with Crippen LogP contribution >= 0.6 is 23.4 Å². The molecule has 20 heavy (non-hydrogen) atoms. The summed E-state index contributed by atoms with van der Waals surface area (Å²) in [5, 5.41) is 9.25. The molecule has 0 fully saturated rings. The molecule has 104 valence electrons. The molecule has 0 radical (unpaired) electrons. The summed E-state index contributed by atoms with van der Waals surface area (Å²) < 4.78 is 26.7. The van der Waals surface area contributed by atoms with Gasteiger partial charge in [0.25, 0.3) is 0 Å². The lowest BCUT2D eigenvalue weighted by Gasteiger charge is -2.06. The zero-order chi connectivity index (χ0) is 14.7. The van der Waals surface area contributed by atoms with E-state index >= 15 is 0 Å². The Morgan fingerprint density at radius 3 is 2.65 bits per heavy atom. The molecule has 0 aliphatic carbocycles. The first kappa shape index (κ1) is 14.8. The molecule has 0 atom stereocenters. The van der Waals surface area contributed by atoms with Crippen LogP contribution in [0.1, 0.15) is 15.9 Å². The molecule has 2 nitrogen and oxygen atoms in total. The summed E-state index contributed by atoms with van der Waals surface area (Å²) in [6, 6.07) is 7.47. The maximum absolute atomic E-state index is 13.6. The van der Waals surface area contributed by atoms with E-state index in [-0.39, 0.29) is 16.2 Å². The third-order valence-electron chi connectivity index (χ3n) is 2.57. The Balaban J connectivity index is 2.20. The molecule has 0 bridgehead atoms. The largest absolute Gasteiger partial charge is 0.478 e. The molecule has 0 aromatic heterocycles. The first-order chi connectivity index (χ1) is 9.47. The summed E-state index contributed by atoms with van der Waals surface area (Å²) in [5.74, 6) is -1.83. The molecule has 2 aromatic carbocycles. The topological polar surface area (TPSA) is 37.3 Å². The minimum absolute atomic E-state index is 0.000704. The van der Waals surface area contributed by atoms with Crippen molar-refractivity contribution < 1.29 is 18.7 Å². The van der Waals surface area contributed by atoms with Crippen LogP contribution in [0.15, 0.2) is 41.3 Å². The minimum Gasteiger partial charge on any atom is -0.478 e. The fraction of sp³-hybridized carbons (Fsp3) is 0.0714. The second-order valence-corrected chi connectivity index (χ2v) is 5.40. The molecule has 0 spiro atoms. The second-order valence-electron chi connectivity index (χ2n) is 3.97. The lowest BCUT2D eigenvalue weighted by molar-refractivity contribution is 0.0696. The zero-order valence-electron chi connectivity index (χ0n) is 10.1. The molecule has 0 heterocycles. The van der Waals surface area contributed by atoms with Gasteiger partial charge in [-0.3, -0.25) is 0 Å². The molecule has 0 amide bonds. The van der Waals surface area contributed by atoms with Crippen molar-refractivity contribution in [2.75, 3.05) is 0 Å². The molecule has 0 saturated heterocycles. The van der Waals surface area contributed by atoms with Crippen molar-refractivity contribution in [3.05, 3.63) is 64.2 Å². The van der Waals surface area contributed by atoms with Crippen LogP contribution in [0.3, 0.4) is 0 Å². The van der Waals surface area contributed by atoms with E-state index in [2.05, 4.69) is 0 Å². The van der Waals surface area contributed by atoms with E-state index in [1.165, 1.54) is 30.3 Å². The maximum Gasteiger partial charge on any atom is 0.335 e. The molecular weight excluding hydrogens is 306 g/mol. The molecular formula is C14H9ClF2O2S. The Morgan fingerprint density at radius 2 is 1.95 bits per heavy atom. The molecule has 2 rings (SSSR count). The molecule has 0 aliphatic rings. The van der Waals surface area contributed by atoms with Gasteiger partial charge in [0.2, 0.25) is 0 Å². The van der Waals surface area contributed by atoms with Crippen molar-refractivity contribution in [3.63, 3.8) is 0 Å². The minimum atomic E-state index is -1.13. The van der Waals surface area contributed by atoms with Gasteiger partial charge in [0.15, 0.2) is 0 Å². The van der Waals surface area contributed by atoms with Gasteiger partial charge in [-0.2, -0.15) is 0 Å². The van der Waals surface area contributed by atoms with Gasteiger partial charge in [-0.05, 0) is 42.0 Å². The Bertz CT molecular complexity index is 662. The lowest BCUT2D eigenvalue weighted by Crippen LogP contribution is -1.97. The highest BCUT2D eigenvalue weighted by atomic mass is 35.5. The SMILES string of the molecule is O=C(O)c1ccc(F)c(SCc2cc(F)ccc2Cl)c1. The van der Waals surface area contributed by atoms with Crippen LogP contribution in [0.25, 0.3) is 0 Å². The monoisotopic (exact) mass is 314 g/mol. The van der Waals surface area contributed by atoms with Gasteiger partial charge in [0.1, 0.15) is 11.6 Å². The number of rotatable bonds is 4. The summed E-state index contributed by atoms with van der Waals surface area (Å²) in [6.07, 6.45) is 0. The molecule has 0 unspecified atom stereocenters. The summed E-state index contributed by atoms with van der Waals surface area (Å²) in [5.41, 5.74) is 0.524. The number of hydrogen-bond donors (Lipinski definition) is 1. The molecule has 6 heteroatoms. The van der Waals surface area contributed by atoms with Gasteiger partial charge in [0.05, 0.1) is 5.56 Å². The molecule has 2 aromatic rings. The van der Waals surface area contributed by atoms with E-state index in [0.717, 1.165) is 17.8 Å². The fourth-order valence-electron chi connectivity index (χ4n) is 1.56. The van der Waals surface area contributed by atoms with Crippen LogP contribution in [0.5, 0.6) is 0 Å². The van der Waals surface area contributed by atoms with E-state index < -0.39 is 17.6 Å². The van der Waals surface area contributed by atoms with Crippen LogP contribution in [0.4, 0.5) is 8.78 Å². The summed E-state index contributed by atoms with van der Waals surface area (Å²) in [6.45, 7) is 0. The Morgan fingerprint density at radius 1 is 1.20 bits per heavy atom. The number of carboxylic acid groups (broad SMARTS) is 1. The molecule has 0 aliphatic heterocycles. The quantitative estimate of drug-likeness (QED) is 0.837. The first-order valence-corrected chi connectivity index (χ1v) is 6.93. The Kier molecular flexibility index (Phi) is 4.62. The van der Waals surface area contributed by atoms with Crippen molar-refractivity contribution in [1.82, 2.24) is 0 Å². The third kappa shape index (κ3) is 3.49. The van der Waals surface area contributed by atoms with E-state index in [1.54, 1.807) is 0 Å². The van der Waals surface area contributed by atoms with Crippen LogP contribution in [0, 0.1) is 11.6 Å². The highest BCUT2D eigenvalue weighted by molar-refractivity contribution is 7.98. The van der Waals surface area contributed by atoms with Crippen molar-refractivity contribution >= 4 is 29.3 Å². The molecule has 0 saturated carbocycles. The second kappa shape index (κ2) is 6.24. The van der Waals surface area contributed by atoms with E-state index in [1.807, 2.05) is 0 Å². The smallest absolute Gasteiger partial charge is 0.335 e. The number of carbonyl (C=O) groups is 1. The van der Waals surface area contributed by atoms with Crippen LogP contribution in [-0.4, -0.2) is 11.1 Å². The highest BCUT2D eigenvalue weighted by Crippen LogP contribution is 2.29. The Hall–Kier alpha value is -1.59. The van der Waals surface area contributed by atoms with E-state index in [9.17, 15) is 13.6 Å². The van der Waals surface area contributed by atoms with Gasteiger partial charge in [-0.15, -0.1) is 11.8 Å². The van der Waals surface area contributed by atoms with Gasteiger partial charge in [-0.25, -0.2) is 13.6 Å². The number of thioether (sulfide) groups is 1. The van der Waals surface area contributed by atoms with Crippen LogP contribution in [0.2, 0.25) is 5.02 Å². The predicted octanol–water partition coefficient (Wildman–Crippen LogP) is 4.61. The van der Waals surface area contributed by atoms with Crippen LogP contribution in [-0.2, 0) is 5.75 Å². The van der Waals surface area contributed by atoms with Crippen molar-refractivity contribution in [3.8, 4) is 0 Å². The van der Waals surface area contributed by atoms with E-state index in [4.69, 9.17) is 16.7 Å². The van der Waals surface area contributed by atoms with Gasteiger partial charge >= 0.3 is 5.97 Å². The number of aromatic carboxylic acids is 1. The van der Waals surface area contributed by atoms with Gasteiger partial charge in [0, 0.05) is 15.7 Å². The lowest BCUT2D eigenvalue weighted by atomic mass is 10.2. The predicted molar refractivity (Wildman–Crippen MR) is 74.3 cm³/mol. The van der Waals surface area contributed by atoms with E-state index in [0.29, 0.717) is 10.6 Å². The first-order valence-electron chi connectivity index (χ1n) is 5.57. The average molecular weight is 315 g/mol. The number of halogens is 3. The maximum atomic E-state index is 13.6. The van der Waals surface area contributed by atoms with Gasteiger partial charge in [-0.1, -0.05) is 11.6 Å². The summed E-state index contributed by atoms with van der Waals surface area (Å²) in [4.78, 5) is 11.0. The average Bonchev–Trinajstić information content (AvgIpc) is 2.41. The van der Waals surface area contributed by atoms with Crippen molar-refractivity contribution in [2.24, 2.45) is 0 Å². The van der Waals surface area contributed by atoms with Crippen molar-refractivity contribution in [1.29, 1.82) is 0 Å². The highest BCUT2D eigenvalue weighted by Gasteiger charge is 2.10. The number of hydrogen-bond acceptors (Lipinski definition) is 2. The normalized spacial score (nSPS) is 10.6. The fourth-order valence-corrected chi connectivity index (χ4v) is 2.79. The third-order valence-corrected chi connectivity index (χ3v) is 4.02. The summed E-state index contributed by atoms with van der Waals surface area (Å²) >= 11 is 6.98. The number of benzene rings is 2. The standard InChI is InChI=1S/C14H9ClF2O2S/c15-11-3-2-10(16)5-9(11)7-20-13-6-8(14(18)19)1-4-12(13)17/h1-6H,7H2,(H,18,19). The molecule has 1 N–H and O–H groups in total. The summed E-state index contributed by atoms with van der Waals surface area (Å²) in [7, 11) is 0. The zero-order valence-corrected chi connectivity index (χ0v) is 11.6. The van der Waals surface area contributed by atoms with Crippen molar-refractivity contribution in [2.45, 2.75) is 10.6 Å².